The Bertz CT molecular complexity index is 656. The lowest BCUT2D eigenvalue weighted by Crippen LogP contribution is -2.02. The molecule has 98 valence electrons. The Kier molecular flexibility index (Phi) is 3.47. The van der Waals surface area contributed by atoms with Crippen LogP contribution in [0, 0.1) is 28.8 Å². The summed E-state index contributed by atoms with van der Waals surface area (Å²) in [6.07, 6.45) is 1.70. The smallest absolute Gasteiger partial charge is 0.161 e. The van der Waals surface area contributed by atoms with E-state index in [-0.39, 0.29) is 12.2 Å². The molecule has 2 rings (SSSR count). The molecule has 0 aliphatic carbocycles. The fraction of sp³-hybridized carbons (Fsp3) is 0.154. The summed E-state index contributed by atoms with van der Waals surface area (Å²) >= 11 is 0. The van der Waals surface area contributed by atoms with Crippen molar-refractivity contribution in [3.05, 3.63) is 53.1 Å². The molecule has 0 atom stereocenters. The van der Waals surface area contributed by atoms with Gasteiger partial charge in [-0.15, -0.1) is 0 Å². The third-order valence-electron chi connectivity index (χ3n) is 2.67. The standard InChI is InChI=1S/C13H10F3N3/c1-19-7-8(2-9(19)5-17)6-18-13-4-11(15)10(14)3-12(13)16/h2-4,7,18H,6H2,1H3. The van der Waals surface area contributed by atoms with Crippen molar-refractivity contribution in [1.82, 2.24) is 4.57 Å². The summed E-state index contributed by atoms with van der Waals surface area (Å²) in [6.45, 7) is 0.206. The topological polar surface area (TPSA) is 40.8 Å². The lowest BCUT2D eigenvalue weighted by atomic mass is 10.2. The molecular weight excluding hydrogens is 255 g/mol. The highest BCUT2D eigenvalue weighted by Gasteiger charge is 2.10. The van der Waals surface area contributed by atoms with Gasteiger partial charge in [-0.2, -0.15) is 5.26 Å². The predicted octanol–water partition coefficient (Wildman–Crippen LogP) is 2.93. The van der Waals surface area contributed by atoms with Crippen LogP contribution in [-0.2, 0) is 13.6 Å². The van der Waals surface area contributed by atoms with Gasteiger partial charge in [-0.05, 0) is 11.6 Å². The highest BCUT2D eigenvalue weighted by atomic mass is 19.2. The van der Waals surface area contributed by atoms with Crippen LogP contribution in [0.5, 0.6) is 0 Å². The molecular formula is C13H10F3N3. The highest BCUT2D eigenvalue weighted by molar-refractivity contribution is 5.46. The molecule has 0 saturated carbocycles. The van der Waals surface area contributed by atoms with Crippen LogP contribution in [0.2, 0.25) is 0 Å². The molecule has 0 spiro atoms. The summed E-state index contributed by atoms with van der Waals surface area (Å²) in [5.41, 5.74) is 1.08. The molecule has 1 aromatic heterocycles. The van der Waals surface area contributed by atoms with E-state index in [1.165, 1.54) is 0 Å². The molecule has 1 N–H and O–H groups in total. The van der Waals surface area contributed by atoms with Crippen LogP contribution in [0.1, 0.15) is 11.3 Å². The summed E-state index contributed by atoms with van der Waals surface area (Å²) in [5.74, 6) is -3.21. The van der Waals surface area contributed by atoms with Gasteiger partial charge in [-0.25, -0.2) is 13.2 Å². The molecule has 0 aliphatic heterocycles. The Hall–Kier alpha value is -2.42. The lowest BCUT2D eigenvalue weighted by Gasteiger charge is -2.06. The fourth-order valence-electron chi connectivity index (χ4n) is 1.70. The third kappa shape index (κ3) is 2.71. The number of halogens is 3. The first-order valence-electron chi connectivity index (χ1n) is 5.45. The average molecular weight is 265 g/mol. The first kappa shape index (κ1) is 13.0. The van der Waals surface area contributed by atoms with Crippen molar-refractivity contribution in [2.45, 2.75) is 6.54 Å². The molecule has 0 saturated heterocycles. The van der Waals surface area contributed by atoms with Crippen molar-refractivity contribution >= 4 is 5.69 Å². The number of nitriles is 1. The Morgan fingerprint density at radius 1 is 1.16 bits per heavy atom. The normalized spacial score (nSPS) is 10.3. The van der Waals surface area contributed by atoms with E-state index in [9.17, 15) is 13.2 Å². The van der Waals surface area contributed by atoms with Crippen LogP contribution in [0.15, 0.2) is 24.4 Å². The van der Waals surface area contributed by atoms with Crippen molar-refractivity contribution < 1.29 is 13.2 Å². The van der Waals surface area contributed by atoms with E-state index < -0.39 is 17.5 Å². The molecule has 19 heavy (non-hydrogen) atoms. The molecule has 2 aromatic rings. The zero-order chi connectivity index (χ0) is 14.0. The molecule has 3 nitrogen and oxygen atoms in total. The maximum absolute atomic E-state index is 13.4. The zero-order valence-electron chi connectivity index (χ0n) is 10.0. The molecule has 6 heteroatoms. The van der Waals surface area contributed by atoms with Crippen molar-refractivity contribution in [2.24, 2.45) is 7.05 Å². The maximum atomic E-state index is 13.4. The summed E-state index contributed by atoms with van der Waals surface area (Å²) in [6, 6.07) is 4.88. The number of hydrogen-bond donors (Lipinski definition) is 1. The van der Waals surface area contributed by atoms with Crippen LogP contribution in [-0.4, -0.2) is 4.57 Å². The van der Waals surface area contributed by atoms with E-state index in [1.54, 1.807) is 23.9 Å². The third-order valence-corrected chi connectivity index (χ3v) is 2.67. The molecule has 1 aromatic carbocycles. The van der Waals surface area contributed by atoms with Gasteiger partial charge >= 0.3 is 0 Å². The minimum absolute atomic E-state index is 0.124. The van der Waals surface area contributed by atoms with Gasteiger partial charge in [0.25, 0.3) is 0 Å². The van der Waals surface area contributed by atoms with Crippen molar-refractivity contribution in [3.63, 3.8) is 0 Å². The number of rotatable bonds is 3. The number of aryl methyl sites for hydroxylation is 1. The number of aromatic nitrogens is 1. The molecule has 0 radical (unpaired) electrons. The molecule has 0 amide bonds. The second-order valence-corrected chi connectivity index (χ2v) is 4.06. The van der Waals surface area contributed by atoms with E-state index in [2.05, 4.69) is 5.32 Å². The summed E-state index contributed by atoms with van der Waals surface area (Å²) in [4.78, 5) is 0. The van der Waals surface area contributed by atoms with Crippen LogP contribution < -0.4 is 5.32 Å². The average Bonchev–Trinajstić information content (AvgIpc) is 2.73. The SMILES string of the molecule is Cn1cc(CNc2cc(F)c(F)cc2F)cc1C#N. The van der Waals surface area contributed by atoms with E-state index in [0.29, 0.717) is 11.8 Å². The van der Waals surface area contributed by atoms with Crippen molar-refractivity contribution in [3.8, 4) is 6.07 Å². The summed E-state index contributed by atoms with van der Waals surface area (Å²) in [7, 11) is 1.71. The van der Waals surface area contributed by atoms with Gasteiger partial charge in [0.1, 0.15) is 17.6 Å². The molecule has 0 fully saturated rings. The van der Waals surface area contributed by atoms with Gasteiger partial charge < -0.3 is 9.88 Å². The zero-order valence-corrected chi connectivity index (χ0v) is 10.0. The quantitative estimate of drug-likeness (QED) is 0.867. The molecule has 0 bridgehead atoms. The van der Waals surface area contributed by atoms with E-state index in [0.717, 1.165) is 11.6 Å². The van der Waals surface area contributed by atoms with Crippen LogP contribution in [0.3, 0.4) is 0 Å². The number of hydrogen-bond acceptors (Lipinski definition) is 2. The Labute approximate surface area is 107 Å². The molecule has 0 unspecified atom stereocenters. The van der Waals surface area contributed by atoms with Gasteiger partial charge in [0.2, 0.25) is 0 Å². The van der Waals surface area contributed by atoms with Gasteiger partial charge in [0.15, 0.2) is 11.6 Å². The maximum Gasteiger partial charge on any atom is 0.161 e. The van der Waals surface area contributed by atoms with Crippen LogP contribution in [0.25, 0.3) is 0 Å². The second-order valence-electron chi connectivity index (χ2n) is 4.06. The summed E-state index contributed by atoms with van der Waals surface area (Å²) < 4.78 is 40.7. The molecule has 0 aliphatic rings. The fourth-order valence-corrected chi connectivity index (χ4v) is 1.70. The van der Waals surface area contributed by atoms with E-state index in [1.807, 2.05) is 6.07 Å². The lowest BCUT2D eigenvalue weighted by molar-refractivity contribution is 0.496. The summed E-state index contributed by atoms with van der Waals surface area (Å²) in [5, 5.41) is 11.4. The molecule has 1 heterocycles. The van der Waals surface area contributed by atoms with Gasteiger partial charge in [-0.1, -0.05) is 0 Å². The van der Waals surface area contributed by atoms with Gasteiger partial charge in [0.05, 0.1) is 5.69 Å². The highest BCUT2D eigenvalue weighted by Crippen LogP contribution is 2.19. The van der Waals surface area contributed by atoms with E-state index >= 15 is 0 Å². The number of nitrogens with one attached hydrogen (secondary N) is 1. The Balaban J connectivity index is 2.14. The monoisotopic (exact) mass is 265 g/mol. The van der Waals surface area contributed by atoms with Gasteiger partial charge in [-0.3, -0.25) is 0 Å². The van der Waals surface area contributed by atoms with Crippen molar-refractivity contribution in [2.75, 3.05) is 5.32 Å². The number of benzene rings is 1. The largest absolute Gasteiger partial charge is 0.378 e. The van der Waals surface area contributed by atoms with Gasteiger partial charge in [0, 0.05) is 31.9 Å². The van der Waals surface area contributed by atoms with Crippen LogP contribution in [0.4, 0.5) is 18.9 Å². The Morgan fingerprint density at radius 3 is 2.47 bits per heavy atom. The Morgan fingerprint density at radius 2 is 1.84 bits per heavy atom. The first-order valence-corrected chi connectivity index (χ1v) is 5.45. The predicted molar refractivity (Wildman–Crippen MR) is 63.8 cm³/mol. The minimum Gasteiger partial charge on any atom is -0.378 e. The second kappa shape index (κ2) is 5.06. The van der Waals surface area contributed by atoms with E-state index in [4.69, 9.17) is 5.26 Å². The van der Waals surface area contributed by atoms with Crippen LogP contribution >= 0.6 is 0 Å². The first-order chi connectivity index (χ1) is 9.01. The number of nitrogens with zero attached hydrogens (tertiary/aromatic N) is 2. The minimum atomic E-state index is -1.23. The number of anilines is 1. The van der Waals surface area contributed by atoms with Crippen molar-refractivity contribution in [1.29, 1.82) is 5.26 Å².